The van der Waals surface area contributed by atoms with Gasteiger partial charge in [-0.05, 0) is 23.8 Å². The van der Waals surface area contributed by atoms with Crippen LogP contribution in [-0.4, -0.2) is 24.3 Å². The quantitative estimate of drug-likeness (QED) is 0.767. The second kappa shape index (κ2) is 4.31. The molecule has 1 heterocycles. The molecule has 1 unspecified atom stereocenters. The molecule has 0 spiro atoms. The van der Waals surface area contributed by atoms with Gasteiger partial charge in [0.05, 0.1) is 11.1 Å². The van der Waals surface area contributed by atoms with E-state index in [1.54, 1.807) is 18.2 Å². The summed E-state index contributed by atoms with van der Waals surface area (Å²) in [5.41, 5.74) is 1.09. The molecule has 2 nitrogen and oxygen atoms in total. The number of benzene rings is 1. The highest BCUT2D eigenvalue weighted by Gasteiger charge is 2.16. The number of β-amino-alcohol motifs (C(OH)–C–C–N with tert-alkyl or cyclic N) is 1. The third-order valence-corrected chi connectivity index (χ3v) is 2.66. The van der Waals surface area contributed by atoms with Crippen LogP contribution in [0.1, 0.15) is 5.56 Å². The molecule has 1 aliphatic rings. The Labute approximate surface area is 92.4 Å². The summed E-state index contributed by atoms with van der Waals surface area (Å²) in [7, 11) is 0. The molecule has 1 aromatic carbocycles. The van der Waals surface area contributed by atoms with Gasteiger partial charge in [-0.15, -0.1) is 0 Å². The molecule has 0 aromatic heterocycles. The van der Waals surface area contributed by atoms with Crippen molar-refractivity contribution in [2.45, 2.75) is 6.10 Å². The van der Waals surface area contributed by atoms with Crippen LogP contribution in [0, 0.1) is 5.82 Å². The number of aliphatic hydroxyl groups excluding tert-OH is 1. The summed E-state index contributed by atoms with van der Waals surface area (Å²) in [6.07, 6.45) is 1.06. The Balaban J connectivity index is 2.45. The number of nitrogens with one attached hydrogen (secondary N) is 1. The zero-order valence-corrected chi connectivity index (χ0v) is 8.76. The first-order chi connectivity index (χ1) is 7.18. The summed E-state index contributed by atoms with van der Waals surface area (Å²) in [5, 5.41) is 12.8. The van der Waals surface area contributed by atoms with Crippen molar-refractivity contribution in [1.29, 1.82) is 0 Å². The Morgan fingerprint density at radius 2 is 2.27 bits per heavy atom. The highest BCUT2D eigenvalue weighted by molar-refractivity contribution is 6.32. The van der Waals surface area contributed by atoms with E-state index in [-0.39, 0.29) is 5.82 Å². The third kappa shape index (κ3) is 2.20. The normalized spacial score (nSPS) is 21.3. The molecule has 2 N–H and O–H groups in total. The van der Waals surface area contributed by atoms with Gasteiger partial charge in [0, 0.05) is 18.7 Å². The number of halogens is 2. The van der Waals surface area contributed by atoms with Crippen molar-refractivity contribution in [2.24, 2.45) is 0 Å². The first-order valence-electron chi connectivity index (χ1n) is 4.72. The maximum Gasteiger partial charge on any atom is 0.132 e. The predicted molar refractivity (Wildman–Crippen MR) is 58.3 cm³/mol. The Morgan fingerprint density at radius 3 is 2.93 bits per heavy atom. The molecule has 80 valence electrons. The summed E-state index contributed by atoms with van der Waals surface area (Å²) in [6.45, 7) is 1.02. The van der Waals surface area contributed by atoms with Crippen LogP contribution in [0.3, 0.4) is 0 Å². The molecule has 0 radical (unpaired) electrons. The van der Waals surface area contributed by atoms with Crippen molar-refractivity contribution in [1.82, 2.24) is 5.32 Å². The van der Waals surface area contributed by atoms with Crippen molar-refractivity contribution < 1.29 is 9.50 Å². The van der Waals surface area contributed by atoms with Crippen molar-refractivity contribution in [3.8, 4) is 0 Å². The first kappa shape index (κ1) is 10.6. The standard InChI is InChI=1S/C11H11ClFNO/c12-9-2-1-3-10(13)11(9)7-4-8(15)6-14-5-7/h1-4,8,14-15H,5-6H2. The van der Waals surface area contributed by atoms with E-state index in [4.69, 9.17) is 11.6 Å². The molecular weight excluding hydrogens is 217 g/mol. The molecule has 0 bridgehead atoms. The van der Waals surface area contributed by atoms with Crippen molar-refractivity contribution in [2.75, 3.05) is 13.1 Å². The van der Waals surface area contributed by atoms with Gasteiger partial charge in [-0.1, -0.05) is 17.7 Å². The zero-order chi connectivity index (χ0) is 10.8. The Hall–Kier alpha value is -0.900. The smallest absolute Gasteiger partial charge is 0.132 e. The molecule has 0 amide bonds. The Kier molecular flexibility index (Phi) is 3.05. The van der Waals surface area contributed by atoms with Crippen molar-refractivity contribution >= 4 is 17.2 Å². The van der Waals surface area contributed by atoms with E-state index in [1.807, 2.05) is 0 Å². The lowest BCUT2D eigenvalue weighted by Crippen LogP contribution is -2.32. The molecule has 0 aliphatic carbocycles. The monoisotopic (exact) mass is 227 g/mol. The lowest BCUT2D eigenvalue weighted by molar-refractivity contribution is 0.217. The lowest BCUT2D eigenvalue weighted by atomic mass is 10.0. The lowest BCUT2D eigenvalue weighted by Gasteiger charge is -2.19. The van der Waals surface area contributed by atoms with E-state index in [2.05, 4.69) is 5.32 Å². The highest BCUT2D eigenvalue weighted by Crippen LogP contribution is 2.27. The van der Waals surface area contributed by atoms with Gasteiger partial charge in [-0.2, -0.15) is 0 Å². The van der Waals surface area contributed by atoms with E-state index in [1.165, 1.54) is 6.07 Å². The third-order valence-electron chi connectivity index (χ3n) is 2.35. The van der Waals surface area contributed by atoms with E-state index < -0.39 is 6.10 Å². The van der Waals surface area contributed by atoms with Crippen LogP contribution in [-0.2, 0) is 0 Å². The second-order valence-corrected chi connectivity index (χ2v) is 3.89. The number of aliphatic hydroxyl groups is 1. The number of hydrogen-bond acceptors (Lipinski definition) is 2. The van der Waals surface area contributed by atoms with E-state index in [9.17, 15) is 9.50 Å². The number of rotatable bonds is 1. The van der Waals surface area contributed by atoms with Gasteiger partial charge in [-0.3, -0.25) is 0 Å². The van der Waals surface area contributed by atoms with Crippen LogP contribution in [0.25, 0.3) is 5.57 Å². The summed E-state index contributed by atoms with van der Waals surface area (Å²) < 4.78 is 13.5. The van der Waals surface area contributed by atoms with Gasteiger partial charge in [0.2, 0.25) is 0 Å². The molecule has 0 saturated heterocycles. The van der Waals surface area contributed by atoms with Gasteiger partial charge >= 0.3 is 0 Å². The average Bonchev–Trinajstić information content (AvgIpc) is 2.17. The molecule has 2 rings (SSSR count). The average molecular weight is 228 g/mol. The molecule has 1 aromatic rings. The van der Waals surface area contributed by atoms with Crippen LogP contribution >= 0.6 is 11.6 Å². The SMILES string of the molecule is OC1C=C(c2c(F)cccc2Cl)CNC1. The largest absolute Gasteiger partial charge is 0.388 e. The van der Waals surface area contributed by atoms with Crippen LogP contribution in [0.15, 0.2) is 24.3 Å². The minimum atomic E-state index is -0.579. The molecule has 1 aliphatic heterocycles. The fraction of sp³-hybridized carbons (Fsp3) is 0.273. The van der Waals surface area contributed by atoms with Crippen LogP contribution in [0.4, 0.5) is 4.39 Å². The maximum absolute atomic E-state index is 13.5. The Morgan fingerprint density at radius 1 is 1.47 bits per heavy atom. The first-order valence-corrected chi connectivity index (χ1v) is 5.10. The second-order valence-electron chi connectivity index (χ2n) is 3.49. The summed E-state index contributed by atoms with van der Waals surface area (Å²) in [6, 6.07) is 4.57. The molecule has 4 heteroatoms. The predicted octanol–water partition coefficient (Wildman–Crippen LogP) is 1.83. The summed E-state index contributed by atoms with van der Waals surface area (Å²) in [4.78, 5) is 0. The van der Waals surface area contributed by atoms with Crippen molar-refractivity contribution in [3.05, 3.63) is 40.7 Å². The van der Waals surface area contributed by atoms with Crippen molar-refractivity contribution in [3.63, 3.8) is 0 Å². The van der Waals surface area contributed by atoms with E-state index in [0.717, 1.165) is 0 Å². The molecule has 1 atom stereocenters. The minimum Gasteiger partial charge on any atom is -0.388 e. The van der Waals surface area contributed by atoms with Crippen LogP contribution in [0.5, 0.6) is 0 Å². The number of hydrogen-bond donors (Lipinski definition) is 2. The topological polar surface area (TPSA) is 32.3 Å². The summed E-state index contributed by atoms with van der Waals surface area (Å²) >= 11 is 5.92. The van der Waals surface area contributed by atoms with Gasteiger partial charge in [0.25, 0.3) is 0 Å². The van der Waals surface area contributed by atoms with Gasteiger partial charge in [0.1, 0.15) is 5.82 Å². The fourth-order valence-corrected chi connectivity index (χ4v) is 1.97. The zero-order valence-electron chi connectivity index (χ0n) is 8.00. The van der Waals surface area contributed by atoms with Gasteiger partial charge in [-0.25, -0.2) is 4.39 Å². The molecule has 0 fully saturated rings. The highest BCUT2D eigenvalue weighted by atomic mass is 35.5. The van der Waals surface area contributed by atoms with E-state index >= 15 is 0 Å². The Bertz CT molecular complexity index is 385. The molecule has 15 heavy (non-hydrogen) atoms. The maximum atomic E-state index is 13.5. The van der Waals surface area contributed by atoms with Crippen LogP contribution < -0.4 is 5.32 Å². The fourth-order valence-electron chi connectivity index (χ4n) is 1.68. The van der Waals surface area contributed by atoms with Crippen LogP contribution in [0.2, 0.25) is 5.02 Å². The van der Waals surface area contributed by atoms with Gasteiger partial charge in [0.15, 0.2) is 0 Å². The van der Waals surface area contributed by atoms with E-state index in [0.29, 0.717) is 29.2 Å². The molecule has 0 saturated carbocycles. The van der Waals surface area contributed by atoms with Gasteiger partial charge < -0.3 is 10.4 Å². The summed E-state index contributed by atoms with van der Waals surface area (Å²) in [5.74, 6) is -0.357. The molecular formula is C11H11ClFNO. The minimum absolute atomic E-state index is 0.357.